The smallest absolute Gasteiger partial charge is 0.338 e. The predicted molar refractivity (Wildman–Crippen MR) is 68.5 cm³/mol. The van der Waals surface area contributed by atoms with E-state index >= 15 is 0 Å². The van der Waals surface area contributed by atoms with E-state index in [-0.39, 0.29) is 5.97 Å². The van der Waals surface area contributed by atoms with E-state index in [0.29, 0.717) is 11.4 Å². The number of esters is 1. The Morgan fingerprint density at radius 1 is 1.28 bits per heavy atom. The highest BCUT2D eigenvalue weighted by atomic mass is 16.5. The van der Waals surface area contributed by atoms with Gasteiger partial charge in [0, 0.05) is 17.6 Å². The number of carbonyl (C=O) groups excluding carboxylic acids is 1. The van der Waals surface area contributed by atoms with E-state index < -0.39 is 0 Å². The van der Waals surface area contributed by atoms with E-state index in [1.807, 2.05) is 30.7 Å². The van der Waals surface area contributed by atoms with Gasteiger partial charge in [-0.25, -0.2) is 9.78 Å². The second kappa shape index (κ2) is 4.91. The van der Waals surface area contributed by atoms with E-state index in [1.54, 1.807) is 18.3 Å². The molecule has 18 heavy (non-hydrogen) atoms. The van der Waals surface area contributed by atoms with E-state index in [9.17, 15) is 4.79 Å². The van der Waals surface area contributed by atoms with Crippen molar-refractivity contribution in [1.82, 2.24) is 9.66 Å². The molecule has 2 rings (SSSR count). The van der Waals surface area contributed by atoms with E-state index in [1.165, 1.54) is 7.11 Å². The molecular formula is C13H15N3O2. The number of aromatic nitrogens is 2. The second-order valence-corrected chi connectivity index (χ2v) is 3.98. The Balaban J connectivity index is 2.27. The zero-order valence-electron chi connectivity index (χ0n) is 10.6. The van der Waals surface area contributed by atoms with E-state index in [4.69, 9.17) is 0 Å². The second-order valence-electron chi connectivity index (χ2n) is 3.98. The molecule has 0 saturated carbocycles. The minimum Gasteiger partial charge on any atom is -0.465 e. The van der Waals surface area contributed by atoms with Gasteiger partial charge >= 0.3 is 5.97 Å². The van der Waals surface area contributed by atoms with Gasteiger partial charge in [-0.3, -0.25) is 10.1 Å². The normalized spacial score (nSPS) is 10.2. The number of anilines is 1. The molecule has 0 spiro atoms. The van der Waals surface area contributed by atoms with Crippen LogP contribution in [-0.4, -0.2) is 22.7 Å². The standard InChI is InChI=1S/C13H15N3O2/c1-9-4-5-10(2)16(9)15-12-8-11(6-7-14-12)13(17)18-3/h4-8H,1-3H3,(H,14,15). The topological polar surface area (TPSA) is 56.1 Å². The molecule has 5 heteroatoms. The van der Waals surface area contributed by atoms with Gasteiger partial charge in [0.15, 0.2) is 0 Å². The Kier molecular flexibility index (Phi) is 3.32. The third-order valence-corrected chi connectivity index (χ3v) is 2.68. The fourth-order valence-electron chi connectivity index (χ4n) is 1.70. The van der Waals surface area contributed by atoms with Crippen molar-refractivity contribution in [2.45, 2.75) is 13.8 Å². The summed E-state index contributed by atoms with van der Waals surface area (Å²) in [6.07, 6.45) is 1.57. The Hall–Kier alpha value is -2.30. The lowest BCUT2D eigenvalue weighted by molar-refractivity contribution is 0.0600. The molecule has 0 fully saturated rings. The summed E-state index contributed by atoms with van der Waals surface area (Å²) in [5, 5.41) is 0. The average Bonchev–Trinajstić information content (AvgIpc) is 2.70. The van der Waals surface area contributed by atoms with Crippen LogP contribution in [0.5, 0.6) is 0 Å². The van der Waals surface area contributed by atoms with Crippen molar-refractivity contribution >= 4 is 11.8 Å². The molecule has 0 aromatic carbocycles. The maximum Gasteiger partial charge on any atom is 0.338 e. The van der Waals surface area contributed by atoms with Gasteiger partial charge < -0.3 is 4.74 Å². The Labute approximate surface area is 105 Å². The number of rotatable bonds is 3. The maximum atomic E-state index is 11.4. The first-order valence-corrected chi connectivity index (χ1v) is 5.58. The van der Waals surface area contributed by atoms with E-state index in [2.05, 4.69) is 15.1 Å². The summed E-state index contributed by atoms with van der Waals surface area (Å²) in [5.41, 5.74) is 5.74. The van der Waals surface area contributed by atoms with Crippen LogP contribution in [-0.2, 0) is 4.74 Å². The number of pyridine rings is 1. The zero-order valence-corrected chi connectivity index (χ0v) is 10.6. The number of methoxy groups -OCH3 is 1. The Bertz CT molecular complexity index is 556. The first-order chi connectivity index (χ1) is 8.61. The summed E-state index contributed by atoms with van der Waals surface area (Å²) in [5.74, 6) is 0.224. The number of nitrogens with one attached hydrogen (secondary N) is 1. The van der Waals surface area contributed by atoms with E-state index in [0.717, 1.165) is 11.4 Å². The fraction of sp³-hybridized carbons (Fsp3) is 0.231. The average molecular weight is 245 g/mol. The summed E-state index contributed by atoms with van der Waals surface area (Å²) in [6.45, 7) is 3.98. The lowest BCUT2D eigenvalue weighted by Crippen LogP contribution is -2.14. The van der Waals surface area contributed by atoms with Crippen LogP contribution in [0.15, 0.2) is 30.5 Å². The van der Waals surface area contributed by atoms with Gasteiger partial charge in [0.05, 0.1) is 12.7 Å². The minimum absolute atomic E-state index is 0.374. The summed E-state index contributed by atoms with van der Waals surface area (Å²) >= 11 is 0. The number of hydrogen-bond donors (Lipinski definition) is 1. The van der Waals surface area contributed by atoms with Gasteiger partial charge in [-0.15, -0.1) is 0 Å². The van der Waals surface area contributed by atoms with Crippen LogP contribution in [0.2, 0.25) is 0 Å². The first-order valence-electron chi connectivity index (χ1n) is 5.58. The molecule has 0 amide bonds. The van der Waals surface area contributed by atoms with Gasteiger partial charge in [0.25, 0.3) is 0 Å². The summed E-state index contributed by atoms with van der Waals surface area (Å²) in [6, 6.07) is 7.29. The highest BCUT2D eigenvalue weighted by Crippen LogP contribution is 2.11. The van der Waals surface area contributed by atoms with Gasteiger partial charge in [-0.2, -0.15) is 0 Å². The molecular weight excluding hydrogens is 230 g/mol. The number of nitrogens with zero attached hydrogens (tertiary/aromatic N) is 2. The highest BCUT2D eigenvalue weighted by molar-refractivity contribution is 5.89. The molecule has 0 aliphatic carbocycles. The summed E-state index contributed by atoms with van der Waals surface area (Å²) in [7, 11) is 1.36. The maximum absolute atomic E-state index is 11.4. The van der Waals surface area contributed by atoms with Gasteiger partial charge in [0.2, 0.25) is 0 Å². The largest absolute Gasteiger partial charge is 0.465 e. The molecule has 0 bridgehead atoms. The summed E-state index contributed by atoms with van der Waals surface area (Å²) in [4.78, 5) is 15.6. The van der Waals surface area contributed by atoms with Crippen LogP contribution in [0.3, 0.4) is 0 Å². The molecule has 1 N–H and O–H groups in total. The van der Waals surface area contributed by atoms with Crippen molar-refractivity contribution in [1.29, 1.82) is 0 Å². The molecule has 0 atom stereocenters. The van der Waals surface area contributed by atoms with Crippen LogP contribution in [0.1, 0.15) is 21.7 Å². The lowest BCUT2D eigenvalue weighted by Gasteiger charge is -2.12. The zero-order chi connectivity index (χ0) is 13.1. The lowest BCUT2D eigenvalue weighted by atomic mass is 10.2. The van der Waals surface area contributed by atoms with Crippen LogP contribution in [0, 0.1) is 13.8 Å². The van der Waals surface area contributed by atoms with Crippen LogP contribution < -0.4 is 5.43 Å². The molecule has 2 heterocycles. The van der Waals surface area contributed by atoms with Crippen molar-refractivity contribution in [3.05, 3.63) is 47.4 Å². The number of carbonyl (C=O) groups is 1. The molecule has 0 radical (unpaired) electrons. The fourth-order valence-corrected chi connectivity index (χ4v) is 1.70. The third kappa shape index (κ3) is 2.34. The highest BCUT2D eigenvalue weighted by Gasteiger charge is 2.07. The van der Waals surface area contributed by atoms with Crippen LogP contribution in [0.25, 0.3) is 0 Å². The van der Waals surface area contributed by atoms with Crippen LogP contribution in [0.4, 0.5) is 5.82 Å². The van der Waals surface area contributed by atoms with Crippen LogP contribution >= 0.6 is 0 Å². The SMILES string of the molecule is COC(=O)c1ccnc(Nn2c(C)ccc2C)c1. The van der Waals surface area contributed by atoms with Gasteiger partial charge in [0.1, 0.15) is 5.82 Å². The molecule has 0 aliphatic heterocycles. The molecule has 2 aromatic heterocycles. The Morgan fingerprint density at radius 2 is 1.94 bits per heavy atom. The molecule has 5 nitrogen and oxygen atoms in total. The van der Waals surface area contributed by atoms with Crippen molar-refractivity contribution in [3.63, 3.8) is 0 Å². The molecule has 0 saturated heterocycles. The van der Waals surface area contributed by atoms with Crippen molar-refractivity contribution in [2.24, 2.45) is 0 Å². The number of hydrogen-bond acceptors (Lipinski definition) is 4. The Morgan fingerprint density at radius 3 is 2.56 bits per heavy atom. The van der Waals surface area contributed by atoms with Gasteiger partial charge in [-0.05, 0) is 38.1 Å². The minimum atomic E-state index is -0.374. The van der Waals surface area contributed by atoms with Crippen molar-refractivity contribution in [3.8, 4) is 0 Å². The molecule has 0 aliphatic rings. The van der Waals surface area contributed by atoms with Gasteiger partial charge in [-0.1, -0.05) is 0 Å². The first kappa shape index (κ1) is 12.2. The number of ether oxygens (including phenoxy) is 1. The van der Waals surface area contributed by atoms with Crippen molar-refractivity contribution in [2.75, 3.05) is 12.5 Å². The van der Waals surface area contributed by atoms with Crippen molar-refractivity contribution < 1.29 is 9.53 Å². The predicted octanol–water partition coefficient (Wildman–Crippen LogP) is 2.16. The molecule has 0 unspecified atom stereocenters. The monoisotopic (exact) mass is 245 g/mol. The quantitative estimate of drug-likeness (QED) is 0.842. The molecule has 2 aromatic rings. The summed E-state index contributed by atoms with van der Waals surface area (Å²) < 4.78 is 6.58. The number of aryl methyl sites for hydroxylation is 2. The molecule has 94 valence electrons. The third-order valence-electron chi connectivity index (χ3n) is 2.68.